The van der Waals surface area contributed by atoms with Crippen LogP contribution in [-0.2, 0) is 19.7 Å². The Labute approximate surface area is 171 Å². The van der Waals surface area contributed by atoms with Crippen molar-refractivity contribution in [1.29, 1.82) is 0 Å². The second-order valence-electron chi connectivity index (χ2n) is 7.59. The summed E-state index contributed by atoms with van der Waals surface area (Å²) in [5.41, 5.74) is 2.02. The molecule has 1 saturated heterocycles. The Kier molecular flexibility index (Phi) is 6.71. The molecule has 0 unspecified atom stereocenters. The number of aromatic nitrogens is 2. The number of nitrogens with zero attached hydrogens (tertiary/aromatic N) is 2. The fourth-order valence-corrected chi connectivity index (χ4v) is 5.03. The second kappa shape index (κ2) is 9.06. The first-order valence-electron chi connectivity index (χ1n) is 9.77. The number of ether oxygens (including phenoxy) is 1. The summed E-state index contributed by atoms with van der Waals surface area (Å²) in [5.74, 6) is 0.251. The van der Waals surface area contributed by atoms with Gasteiger partial charge in [-0.2, -0.15) is 17.4 Å². The minimum atomic E-state index is -3.77. The first-order valence-corrected chi connectivity index (χ1v) is 11.2. The first-order chi connectivity index (χ1) is 13.8. The number of hydrogen-bond donors (Lipinski definition) is 2. The largest absolute Gasteiger partial charge is 0.468 e. The van der Waals surface area contributed by atoms with Crippen molar-refractivity contribution in [3.05, 3.63) is 42.4 Å². The lowest BCUT2D eigenvalue weighted by Crippen LogP contribution is -2.52. The number of benzene rings is 1. The fourth-order valence-electron chi connectivity index (χ4n) is 3.50. The molecule has 0 aliphatic carbocycles. The van der Waals surface area contributed by atoms with Crippen LogP contribution in [0.3, 0.4) is 0 Å². The van der Waals surface area contributed by atoms with E-state index in [4.69, 9.17) is 4.74 Å². The van der Waals surface area contributed by atoms with Crippen LogP contribution in [0.2, 0.25) is 0 Å². The Balaban J connectivity index is 1.63. The van der Waals surface area contributed by atoms with Crippen LogP contribution in [0, 0.1) is 5.92 Å². The van der Waals surface area contributed by atoms with Gasteiger partial charge in [-0.25, -0.2) is 4.98 Å². The van der Waals surface area contributed by atoms with Crippen LogP contribution in [0.5, 0.6) is 0 Å². The fraction of sp³-hybridized carbons (Fsp3) is 0.500. The molecule has 3 rings (SSSR count). The summed E-state index contributed by atoms with van der Waals surface area (Å²) in [6.45, 7) is 4.29. The number of methoxy groups -OCH3 is 1. The van der Waals surface area contributed by atoms with Gasteiger partial charge in [0.15, 0.2) is 0 Å². The summed E-state index contributed by atoms with van der Waals surface area (Å²) in [6.07, 6.45) is 3.14. The molecule has 1 aromatic carbocycles. The molecule has 158 valence electrons. The molecule has 0 radical (unpaired) electrons. The normalized spacial score (nSPS) is 17.4. The zero-order valence-corrected chi connectivity index (χ0v) is 17.8. The lowest BCUT2D eigenvalue weighted by atomic mass is 9.97. The van der Waals surface area contributed by atoms with E-state index < -0.39 is 22.2 Å². The predicted octanol–water partition coefficient (Wildman–Crippen LogP) is 2.29. The van der Waals surface area contributed by atoms with Crippen LogP contribution in [0.25, 0.3) is 11.3 Å². The Bertz CT molecular complexity index is 919. The van der Waals surface area contributed by atoms with Crippen molar-refractivity contribution in [2.45, 2.75) is 38.6 Å². The highest BCUT2D eigenvalue weighted by atomic mass is 32.2. The Hall–Kier alpha value is -2.23. The van der Waals surface area contributed by atoms with Crippen LogP contribution >= 0.6 is 0 Å². The number of rotatable bonds is 7. The molecule has 2 heterocycles. The van der Waals surface area contributed by atoms with E-state index in [1.807, 2.05) is 36.5 Å². The van der Waals surface area contributed by atoms with Crippen molar-refractivity contribution < 1.29 is 17.9 Å². The summed E-state index contributed by atoms with van der Waals surface area (Å²) in [7, 11) is -2.52. The highest BCUT2D eigenvalue weighted by molar-refractivity contribution is 7.87. The van der Waals surface area contributed by atoms with Crippen LogP contribution in [0.4, 0.5) is 0 Å². The first kappa shape index (κ1) is 21.5. The average Bonchev–Trinajstić information content (AvgIpc) is 3.22. The van der Waals surface area contributed by atoms with Crippen molar-refractivity contribution in [2.24, 2.45) is 5.92 Å². The summed E-state index contributed by atoms with van der Waals surface area (Å²) < 4.78 is 34.1. The van der Waals surface area contributed by atoms with E-state index in [0.29, 0.717) is 25.9 Å². The predicted molar refractivity (Wildman–Crippen MR) is 110 cm³/mol. The zero-order valence-electron chi connectivity index (χ0n) is 17.0. The van der Waals surface area contributed by atoms with Gasteiger partial charge in [-0.1, -0.05) is 44.2 Å². The Morgan fingerprint density at radius 2 is 1.90 bits per heavy atom. The smallest absolute Gasteiger partial charge is 0.324 e. The molecule has 0 bridgehead atoms. The number of piperidine rings is 1. The number of H-pyrrole nitrogens is 1. The van der Waals surface area contributed by atoms with Crippen LogP contribution in [0.15, 0.2) is 36.5 Å². The number of imidazole rings is 1. The van der Waals surface area contributed by atoms with Gasteiger partial charge in [0.05, 0.1) is 19.0 Å². The molecule has 0 spiro atoms. The number of carbonyl (C=O) groups excluding carboxylic acids is 1. The number of aromatic amines is 1. The lowest BCUT2D eigenvalue weighted by Gasteiger charge is -2.32. The standard InChI is InChI=1S/C20H28N4O4S/c1-14(2)18(20(25)28-3)23-29(26,27)24-11-9-16(10-12-24)19-21-13-17(22-19)15-7-5-4-6-8-15/h4-8,13-14,16,18,23H,9-12H2,1-3H3,(H,21,22)/t18-/m1/s1. The molecular formula is C20H28N4O4S. The third-order valence-electron chi connectivity index (χ3n) is 5.26. The molecule has 8 nitrogen and oxygen atoms in total. The van der Waals surface area contributed by atoms with E-state index in [2.05, 4.69) is 14.7 Å². The van der Waals surface area contributed by atoms with Crippen molar-refractivity contribution in [2.75, 3.05) is 20.2 Å². The van der Waals surface area contributed by atoms with Crippen LogP contribution in [-0.4, -0.2) is 54.9 Å². The maximum Gasteiger partial charge on any atom is 0.324 e. The van der Waals surface area contributed by atoms with Gasteiger partial charge in [0.1, 0.15) is 11.9 Å². The molecule has 2 aromatic rings. The minimum Gasteiger partial charge on any atom is -0.468 e. The molecule has 29 heavy (non-hydrogen) atoms. The molecule has 1 atom stereocenters. The molecule has 1 fully saturated rings. The molecule has 0 amide bonds. The molecule has 1 aliphatic rings. The van der Waals surface area contributed by atoms with Gasteiger partial charge in [-0.3, -0.25) is 4.79 Å². The highest BCUT2D eigenvalue weighted by Crippen LogP contribution is 2.29. The van der Waals surface area contributed by atoms with Gasteiger partial charge in [0, 0.05) is 19.0 Å². The summed E-state index contributed by atoms with van der Waals surface area (Å²) in [4.78, 5) is 19.8. The third-order valence-corrected chi connectivity index (χ3v) is 6.86. The average molecular weight is 421 g/mol. The van der Waals surface area contributed by atoms with Crippen molar-refractivity contribution in [3.8, 4) is 11.3 Å². The van der Waals surface area contributed by atoms with E-state index in [9.17, 15) is 13.2 Å². The lowest BCUT2D eigenvalue weighted by molar-refractivity contribution is -0.143. The minimum absolute atomic E-state index is 0.167. The van der Waals surface area contributed by atoms with E-state index in [-0.39, 0.29) is 11.8 Å². The monoisotopic (exact) mass is 420 g/mol. The maximum atomic E-state index is 12.7. The zero-order chi connectivity index (χ0) is 21.0. The molecule has 2 N–H and O–H groups in total. The van der Waals surface area contributed by atoms with Crippen LogP contribution < -0.4 is 4.72 Å². The summed E-state index contributed by atoms with van der Waals surface area (Å²) >= 11 is 0. The molecule has 0 saturated carbocycles. The number of carbonyl (C=O) groups is 1. The van der Waals surface area contributed by atoms with Gasteiger partial charge in [-0.15, -0.1) is 0 Å². The van der Waals surface area contributed by atoms with Gasteiger partial charge in [0.25, 0.3) is 10.2 Å². The number of esters is 1. The van der Waals surface area contributed by atoms with Gasteiger partial charge in [0.2, 0.25) is 0 Å². The Morgan fingerprint density at radius 1 is 1.24 bits per heavy atom. The number of nitrogens with one attached hydrogen (secondary N) is 2. The maximum absolute atomic E-state index is 12.7. The van der Waals surface area contributed by atoms with Crippen molar-refractivity contribution in [3.63, 3.8) is 0 Å². The second-order valence-corrected chi connectivity index (χ2v) is 9.29. The van der Waals surface area contributed by atoms with Gasteiger partial charge >= 0.3 is 5.97 Å². The molecule has 1 aromatic heterocycles. The highest BCUT2D eigenvalue weighted by Gasteiger charge is 2.34. The van der Waals surface area contributed by atoms with Gasteiger partial charge < -0.3 is 9.72 Å². The summed E-state index contributed by atoms with van der Waals surface area (Å²) in [6, 6.07) is 9.06. The van der Waals surface area contributed by atoms with Crippen molar-refractivity contribution in [1.82, 2.24) is 19.0 Å². The van der Waals surface area contributed by atoms with Gasteiger partial charge in [-0.05, 0) is 24.3 Å². The van der Waals surface area contributed by atoms with Crippen LogP contribution in [0.1, 0.15) is 38.4 Å². The third kappa shape index (κ3) is 5.04. The summed E-state index contributed by atoms with van der Waals surface area (Å²) in [5, 5.41) is 0. The SMILES string of the molecule is COC(=O)[C@H](NS(=O)(=O)N1CCC(c2ncc(-c3ccccc3)[nH]2)CC1)C(C)C. The van der Waals surface area contributed by atoms with E-state index in [1.54, 1.807) is 13.8 Å². The molecule has 1 aliphatic heterocycles. The quantitative estimate of drug-likeness (QED) is 0.669. The van der Waals surface area contributed by atoms with E-state index in [1.165, 1.54) is 11.4 Å². The van der Waals surface area contributed by atoms with Crippen molar-refractivity contribution >= 4 is 16.2 Å². The van der Waals surface area contributed by atoms with E-state index in [0.717, 1.165) is 17.1 Å². The van der Waals surface area contributed by atoms with E-state index >= 15 is 0 Å². The topological polar surface area (TPSA) is 104 Å². The molecule has 9 heteroatoms. The Morgan fingerprint density at radius 3 is 2.48 bits per heavy atom. The molecular weight excluding hydrogens is 392 g/mol. The number of hydrogen-bond acceptors (Lipinski definition) is 5.